The molecule has 43 heavy (non-hydrogen) atoms. The van der Waals surface area contributed by atoms with Gasteiger partial charge in [-0.2, -0.15) is 4.98 Å². The van der Waals surface area contributed by atoms with E-state index in [0.29, 0.717) is 24.1 Å². The molecule has 1 aliphatic heterocycles. The van der Waals surface area contributed by atoms with Crippen molar-refractivity contribution in [3.63, 3.8) is 0 Å². The molecule has 0 aliphatic carbocycles. The molecule has 11 nitrogen and oxygen atoms in total. The van der Waals surface area contributed by atoms with Gasteiger partial charge in [-0.1, -0.05) is 31.2 Å². The summed E-state index contributed by atoms with van der Waals surface area (Å²) in [6, 6.07) is 16.0. The summed E-state index contributed by atoms with van der Waals surface area (Å²) in [6.45, 7) is 4.41. The number of carbonyl (C=O) groups is 1. The molecule has 1 fully saturated rings. The van der Waals surface area contributed by atoms with Gasteiger partial charge >= 0.3 is 0 Å². The van der Waals surface area contributed by atoms with Crippen molar-refractivity contribution in [1.29, 1.82) is 0 Å². The van der Waals surface area contributed by atoms with Crippen LogP contribution in [0.3, 0.4) is 0 Å². The Hall–Kier alpha value is -4.13. The number of hydrogen-bond donors (Lipinski definition) is 2. The van der Waals surface area contributed by atoms with Gasteiger partial charge in [0.05, 0.1) is 18.2 Å². The number of likely N-dealkylation sites (tertiary alicyclic amines) is 1. The molecule has 5 rings (SSSR count). The summed E-state index contributed by atoms with van der Waals surface area (Å²) in [6.07, 6.45) is 7.02. The van der Waals surface area contributed by atoms with Crippen LogP contribution in [0.4, 0.5) is 11.6 Å². The normalized spacial score (nSPS) is 14.6. The number of carbonyl (C=O) groups excluding carboxylic acids is 1. The Morgan fingerprint density at radius 1 is 1.07 bits per heavy atom. The lowest BCUT2D eigenvalue weighted by molar-refractivity contribution is 0.0536. The molecular weight excluding hydrogens is 568 g/mol. The van der Waals surface area contributed by atoms with Gasteiger partial charge in [-0.25, -0.2) is 18.9 Å². The van der Waals surface area contributed by atoms with E-state index < -0.39 is 21.2 Å². The summed E-state index contributed by atoms with van der Waals surface area (Å²) < 4.78 is 24.7. The maximum absolute atomic E-state index is 13.2. The highest BCUT2D eigenvalue weighted by molar-refractivity contribution is 7.90. The van der Waals surface area contributed by atoms with Crippen molar-refractivity contribution in [3.8, 4) is 5.69 Å². The molecule has 226 valence electrons. The van der Waals surface area contributed by atoms with Gasteiger partial charge in [0.15, 0.2) is 5.65 Å². The number of piperidine rings is 1. The number of nitrogens with one attached hydrogen (secondary N) is 2. The van der Waals surface area contributed by atoms with Gasteiger partial charge in [0.1, 0.15) is 15.4 Å². The number of rotatable bonds is 10. The average molecular weight is 605 g/mol. The first-order valence-electron chi connectivity index (χ1n) is 14.3. The van der Waals surface area contributed by atoms with E-state index in [2.05, 4.69) is 44.7 Å². The fourth-order valence-corrected chi connectivity index (χ4v) is 5.91. The van der Waals surface area contributed by atoms with E-state index in [1.54, 1.807) is 4.57 Å². The Labute approximate surface area is 250 Å². The summed E-state index contributed by atoms with van der Waals surface area (Å²) in [7, 11) is -1.65. The maximum atomic E-state index is 13.2. The van der Waals surface area contributed by atoms with E-state index in [0.717, 1.165) is 49.3 Å². The number of nitrogens with zero attached hydrogens (tertiary/aromatic N) is 4. The van der Waals surface area contributed by atoms with Gasteiger partial charge in [0, 0.05) is 36.6 Å². The minimum atomic E-state index is -2.96. The van der Waals surface area contributed by atoms with Gasteiger partial charge in [-0.05, 0) is 73.7 Å². The Morgan fingerprint density at radius 3 is 2.40 bits per heavy atom. The minimum Gasteiger partial charge on any atom is -0.324 e. The number of aryl methyl sites for hydroxylation is 1. The summed E-state index contributed by atoms with van der Waals surface area (Å²) in [5.41, 5.74) is 5.93. The van der Waals surface area contributed by atoms with Crippen molar-refractivity contribution >= 4 is 38.4 Å². The summed E-state index contributed by atoms with van der Waals surface area (Å²) >= 11 is 0. The van der Waals surface area contributed by atoms with Crippen LogP contribution in [0.1, 0.15) is 47.2 Å². The van der Waals surface area contributed by atoms with E-state index in [-0.39, 0.29) is 16.7 Å². The van der Waals surface area contributed by atoms with Crippen LogP contribution in [0.5, 0.6) is 0 Å². The minimum absolute atomic E-state index is 0.0879. The maximum Gasteiger partial charge on any atom is 0.280 e. The van der Waals surface area contributed by atoms with E-state index in [1.165, 1.54) is 31.3 Å². The highest BCUT2D eigenvalue weighted by Crippen LogP contribution is 2.29. The second-order valence-electron chi connectivity index (χ2n) is 10.8. The van der Waals surface area contributed by atoms with E-state index >= 15 is 0 Å². The van der Waals surface area contributed by atoms with Gasteiger partial charge in [0.25, 0.3) is 5.91 Å². The first-order valence-corrected chi connectivity index (χ1v) is 16.3. The first-order chi connectivity index (χ1) is 20.6. The smallest absolute Gasteiger partial charge is 0.280 e. The van der Waals surface area contributed by atoms with Crippen LogP contribution in [-0.4, -0.2) is 72.5 Å². The number of aromatic nitrogens is 3. The molecule has 0 unspecified atom stereocenters. The van der Waals surface area contributed by atoms with E-state index in [9.17, 15) is 18.0 Å². The monoisotopic (exact) mass is 604 g/mol. The summed E-state index contributed by atoms with van der Waals surface area (Å²) in [5, 5.41) is 3.44. The number of fused-ring (bicyclic) bond motifs is 1. The highest BCUT2D eigenvalue weighted by Gasteiger charge is 2.22. The highest BCUT2D eigenvalue weighted by atomic mass is 32.2. The number of benzene rings is 2. The predicted octanol–water partition coefficient (Wildman–Crippen LogP) is 3.60. The topological polar surface area (TPSA) is 136 Å². The van der Waals surface area contributed by atoms with Crippen LogP contribution in [0, 0.1) is 0 Å². The summed E-state index contributed by atoms with van der Waals surface area (Å²) in [5.74, 6) is 0.265. The fraction of sp³-hybridized carbons (Fsp3) is 0.355. The van der Waals surface area contributed by atoms with Crippen LogP contribution < -0.4 is 16.2 Å². The van der Waals surface area contributed by atoms with Crippen LogP contribution >= 0.6 is 0 Å². The fourth-order valence-electron chi connectivity index (χ4n) is 5.32. The molecule has 1 saturated heterocycles. The number of anilines is 2. The summed E-state index contributed by atoms with van der Waals surface area (Å²) in [4.78, 5) is 41.9. The number of amides is 1. The molecule has 2 aromatic carbocycles. The molecule has 12 heteroatoms. The van der Waals surface area contributed by atoms with Crippen molar-refractivity contribution in [2.24, 2.45) is 0 Å². The zero-order valence-electron chi connectivity index (χ0n) is 24.5. The van der Waals surface area contributed by atoms with Gasteiger partial charge in [-0.3, -0.25) is 14.4 Å². The zero-order chi connectivity index (χ0) is 30.6. The van der Waals surface area contributed by atoms with Crippen LogP contribution in [0.2, 0.25) is 0 Å². The zero-order valence-corrected chi connectivity index (χ0v) is 25.4. The number of sulfone groups is 1. The molecule has 0 bridgehead atoms. The Kier molecular flexibility index (Phi) is 9.19. The molecule has 1 amide bonds. The van der Waals surface area contributed by atoms with Gasteiger partial charge < -0.3 is 14.8 Å². The predicted molar refractivity (Wildman–Crippen MR) is 167 cm³/mol. The van der Waals surface area contributed by atoms with Crippen LogP contribution in [0.15, 0.2) is 65.7 Å². The molecule has 4 aromatic rings. The first kappa shape index (κ1) is 30.3. The molecule has 0 spiro atoms. The van der Waals surface area contributed by atoms with Crippen molar-refractivity contribution in [2.75, 3.05) is 44.1 Å². The Bertz CT molecular complexity index is 1760. The van der Waals surface area contributed by atoms with Crippen molar-refractivity contribution in [3.05, 3.63) is 87.8 Å². The van der Waals surface area contributed by atoms with Crippen LogP contribution in [0.25, 0.3) is 16.7 Å². The lowest BCUT2D eigenvalue weighted by Gasteiger charge is -2.32. The Balaban J connectivity index is 1.37. The molecular formula is C31H36N6O5S. The second kappa shape index (κ2) is 13.0. The Morgan fingerprint density at radius 2 is 1.77 bits per heavy atom. The molecule has 0 saturated carbocycles. The van der Waals surface area contributed by atoms with Gasteiger partial charge in [-0.15, -0.1) is 0 Å². The lowest BCUT2D eigenvalue weighted by atomic mass is 9.89. The molecule has 2 N–H and O–H groups in total. The molecule has 1 aliphatic rings. The third-order valence-corrected chi connectivity index (χ3v) is 8.73. The van der Waals surface area contributed by atoms with Gasteiger partial charge in [0.2, 0.25) is 11.4 Å². The standard InChI is InChI=1S/C31H36N6O5S/c1-4-21-5-11-25(12-6-21)37-20-27(30(39)35-42-2)28(38)26-19-32-31(34-29(26)37)33-24-9-7-22(8-10-24)23-13-15-36(16-14-23)17-18-43(3,40)41/h5-12,19-20,23H,4,13-18H2,1-3H3,(H,35,39)(H,32,33,34). The second-order valence-corrected chi connectivity index (χ2v) is 13.1. The van der Waals surface area contributed by atoms with E-state index in [4.69, 9.17) is 4.84 Å². The van der Waals surface area contributed by atoms with Crippen molar-refractivity contribution in [1.82, 2.24) is 24.9 Å². The van der Waals surface area contributed by atoms with Crippen molar-refractivity contribution < 1.29 is 18.0 Å². The molecule has 3 heterocycles. The molecule has 0 atom stereocenters. The number of pyridine rings is 1. The number of hydrogen-bond acceptors (Lipinski definition) is 9. The largest absolute Gasteiger partial charge is 0.324 e. The SMILES string of the molecule is CCc1ccc(-n2cc(C(=O)NOC)c(=O)c3cnc(Nc4ccc(C5CCN(CCS(C)(=O)=O)CC5)cc4)nc32)cc1. The van der Waals surface area contributed by atoms with Crippen molar-refractivity contribution in [2.45, 2.75) is 32.1 Å². The number of hydroxylamine groups is 1. The molecule has 0 radical (unpaired) electrons. The molecule has 2 aromatic heterocycles. The average Bonchev–Trinajstić information content (AvgIpc) is 3.01. The third kappa shape index (κ3) is 7.27. The lowest BCUT2D eigenvalue weighted by Crippen LogP contribution is -2.36. The van der Waals surface area contributed by atoms with E-state index in [1.807, 2.05) is 36.4 Å². The quantitative estimate of drug-likeness (QED) is 0.260. The third-order valence-electron chi connectivity index (χ3n) is 7.81. The van der Waals surface area contributed by atoms with Crippen LogP contribution in [-0.2, 0) is 21.1 Å².